The Morgan fingerprint density at radius 1 is 0.596 bits per heavy atom. The number of aromatic nitrogens is 2. The maximum absolute atomic E-state index is 9.64. The molecule has 0 atom stereocenters. The van der Waals surface area contributed by atoms with Crippen molar-refractivity contribution in [2.75, 3.05) is 0 Å². The van der Waals surface area contributed by atoms with E-state index in [0.29, 0.717) is 11.3 Å². The molecular formula is C47H28N4O. The van der Waals surface area contributed by atoms with Crippen molar-refractivity contribution in [3.8, 4) is 28.6 Å². The van der Waals surface area contributed by atoms with Crippen LogP contribution in [0.25, 0.3) is 92.9 Å². The summed E-state index contributed by atoms with van der Waals surface area (Å²) in [5.74, 6) is 0. The second kappa shape index (κ2) is 10.0. The van der Waals surface area contributed by atoms with E-state index in [1.807, 2.05) is 30.3 Å². The van der Waals surface area contributed by atoms with Crippen molar-refractivity contribution in [1.82, 2.24) is 9.13 Å². The molecule has 0 spiro atoms. The lowest BCUT2D eigenvalue weighted by molar-refractivity contribution is 0.661. The molecule has 0 saturated heterocycles. The first-order valence-corrected chi connectivity index (χ1v) is 17.4. The molecule has 3 heterocycles. The number of rotatable bonds is 2. The molecule has 0 aliphatic heterocycles. The van der Waals surface area contributed by atoms with Gasteiger partial charge in [-0.1, -0.05) is 68.4 Å². The summed E-state index contributed by atoms with van der Waals surface area (Å²) in [4.78, 5) is 3.83. The van der Waals surface area contributed by atoms with E-state index in [0.717, 1.165) is 71.5 Å². The van der Waals surface area contributed by atoms with Gasteiger partial charge in [-0.05, 0) is 107 Å². The fourth-order valence-electron chi connectivity index (χ4n) is 8.99. The summed E-state index contributed by atoms with van der Waals surface area (Å²) in [6.07, 6.45) is 0. The van der Waals surface area contributed by atoms with E-state index >= 15 is 0 Å². The van der Waals surface area contributed by atoms with Gasteiger partial charge in [-0.3, -0.25) is 0 Å². The Morgan fingerprint density at radius 2 is 1.25 bits per heavy atom. The molecule has 0 amide bonds. The second-order valence-electron chi connectivity index (χ2n) is 14.4. The zero-order valence-electron chi connectivity index (χ0n) is 28.4. The lowest BCUT2D eigenvalue weighted by Gasteiger charge is -2.21. The normalized spacial score (nSPS) is 13.3. The van der Waals surface area contributed by atoms with E-state index in [-0.39, 0.29) is 5.41 Å². The van der Waals surface area contributed by atoms with Gasteiger partial charge in [0.25, 0.3) is 0 Å². The van der Waals surface area contributed by atoms with Gasteiger partial charge in [-0.15, -0.1) is 0 Å². The van der Waals surface area contributed by atoms with Crippen molar-refractivity contribution in [2.24, 2.45) is 0 Å². The summed E-state index contributed by atoms with van der Waals surface area (Å²) in [7, 11) is 0. The Kier molecular flexibility index (Phi) is 5.53. The number of nitrogens with zero attached hydrogens (tertiary/aromatic N) is 4. The molecule has 5 nitrogen and oxygen atoms in total. The fourth-order valence-corrected chi connectivity index (χ4v) is 8.99. The number of hydrogen-bond acceptors (Lipinski definition) is 2. The molecule has 52 heavy (non-hydrogen) atoms. The first-order chi connectivity index (χ1) is 25.4. The predicted octanol–water partition coefficient (Wildman–Crippen LogP) is 12.5. The fraction of sp³-hybridized carbons (Fsp3) is 0.0638. The quantitative estimate of drug-likeness (QED) is 0.173. The topological polar surface area (TPSA) is 51.1 Å². The predicted molar refractivity (Wildman–Crippen MR) is 211 cm³/mol. The van der Waals surface area contributed by atoms with Crippen molar-refractivity contribution in [2.45, 2.75) is 19.3 Å². The first kappa shape index (κ1) is 28.7. The van der Waals surface area contributed by atoms with Crippen LogP contribution in [0.15, 0.2) is 138 Å². The smallest absolute Gasteiger partial charge is 0.188 e. The molecule has 0 saturated carbocycles. The highest BCUT2D eigenvalue weighted by atomic mass is 16.3. The molecule has 5 heteroatoms. The van der Waals surface area contributed by atoms with E-state index in [4.69, 9.17) is 11.0 Å². The minimum atomic E-state index is -0.132. The monoisotopic (exact) mass is 664 g/mol. The molecule has 0 radical (unpaired) electrons. The van der Waals surface area contributed by atoms with Gasteiger partial charge in [-0.25, -0.2) is 4.85 Å². The molecule has 0 unspecified atom stereocenters. The van der Waals surface area contributed by atoms with Crippen LogP contribution in [0.5, 0.6) is 0 Å². The van der Waals surface area contributed by atoms with E-state index in [9.17, 15) is 5.26 Å². The zero-order chi connectivity index (χ0) is 34.9. The Balaban J connectivity index is 1.18. The lowest BCUT2D eigenvalue weighted by atomic mass is 9.82. The molecule has 10 aromatic rings. The van der Waals surface area contributed by atoms with Gasteiger partial charge in [-0.2, -0.15) is 5.26 Å². The highest BCUT2D eigenvalue weighted by Gasteiger charge is 2.37. The molecule has 0 fully saturated rings. The lowest BCUT2D eigenvalue weighted by Crippen LogP contribution is -2.14. The average Bonchev–Trinajstić information content (AvgIpc) is 3.89. The average molecular weight is 665 g/mol. The number of benzene rings is 7. The molecule has 1 aliphatic rings. The van der Waals surface area contributed by atoms with Gasteiger partial charge in [0.15, 0.2) is 5.69 Å². The van der Waals surface area contributed by atoms with Crippen LogP contribution < -0.4 is 0 Å². The SMILES string of the molecule is [C-]#[N+]c1ccc2c(c1)c1c3c(ccc1n2-c1ccc2oc4ccc(-n5c6ccccc6c6cc(C#N)ccc65)cc4c2c1)C(C)(C)c1ccccc1-3. The van der Waals surface area contributed by atoms with Gasteiger partial charge >= 0.3 is 0 Å². The summed E-state index contributed by atoms with van der Waals surface area (Å²) >= 11 is 0. The molecular weight excluding hydrogens is 637 g/mol. The largest absolute Gasteiger partial charge is 0.456 e. The van der Waals surface area contributed by atoms with Crippen LogP contribution in [-0.4, -0.2) is 9.13 Å². The molecule has 0 bridgehead atoms. The maximum atomic E-state index is 9.64. The van der Waals surface area contributed by atoms with Crippen LogP contribution in [0.1, 0.15) is 30.5 Å². The van der Waals surface area contributed by atoms with Crippen LogP contribution in [0.4, 0.5) is 5.69 Å². The Bertz CT molecular complexity index is 3300. The van der Waals surface area contributed by atoms with Crippen LogP contribution in [0.2, 0.25) is 0 Å². The molecule has 1 aliphatic carbocycles. The summed E-state index contributed by atoms with van der Waals surface area (Å²) in [6, 6.07) is 48.8. The van der Waals surface area contributed by atoms with E-state index < -0.39 is 0 Å². The Hall–Kier alpha value is -7.08. The van der Waals surface area contributed by atoms with E-state index in [2.05, 4.69) is 137 Å². The Morgan fingerprint density at radius 3 is 2.02 bits per heavy atom. The van der Waals surface area contributed by atoms with Gasteiger partial charge < -0.3 is 13.6 Å². The number of nitriles is 1. The minimum Gasteiger partial charge on any atom is -0.456 e. The van der Waals surface area contributed by atoms with E-state index in [1.54, 1.807) is 0 Å². The third-order valence-corrected chi connectivity index (χ3v) is 11.3. The van der Waals surface area contributed by atoms with E-state index in [1.165, 1.54) is 27.6 Å². The van der Waals surface area contributed by atoms with Crippen LogP contribution in [0.3, 0.4) is 0 Å². The van der Waals surface area contributed by atoms with Crippen molar-refractivity contribution in [1.29, 1.82) is 5.26 Å². The molecule has 7 aromatic carbocycles. The number of fused-ring (bicyclic) bond motifs is 13. The minimum absolute atomic E-state index is 0.132. The van der Waals surface area contributed by atoms with Crippen LogP contribution >= 0.6 is 0 Å². The third kappa shape index (κ3) is 3.64. The molecule has 3 aromatic heterocycles. The Labute approximate surface area is 298 Å². The third-order valence-electron chi connectivity index (χ3n) is 11.3. The standard InChI is InChI=1S/C47H28N4O/c1-47(2)37-10-6-4-9-32(37)45-38(47)16-19-42-46(45)36-23-28(49-3)13-18-41(36)51(42)30-15-21-44-35(25-30)34-24-29(14-20-43(34)52-44)50-39-11-7-5-8-31(39)33-22-27(26-48)12-17-40(33)50/h4-25H,1-2H3. The van der Waals surface area contributed by atoms with Crippen molar-refractivity contribution >= 4 is 71.2 Å². The van der Waals surface area contributed by atoms with Gasteiger partial charge in [0.1, 0.15) is 11.2 Å². The van der Waals surface area contributed by atoms with Crippen molar-refractivity contribution < 1.29 is 4.42 Å². The maximum Gasteiger partial charge on any atom is 0.188 e. The number of furan rings is 1. The molecule has 0 N–H and O–H groups in total. The molecule has 11 rings (SSSR count). The summed E-state index contributed by atoms with van der Waals surface area (Å²) in [6.45, 7) is 12.5. The van der Waals surface area contributed by atoms with Crippen molar-refractivity contribution in [3.05, 3.63) is 162 Å². The molecule has 242 valence electrons. The summed E-state index contributed by atoms with van der Waals surface area (Å²) in [5.41, 5.74) is 14.3. The first-order valence-electron chi connectivity index (χ1n) is 17.4. The van der Waals surface area contributed by atoms with Gasteiger partial charge in [0.2, 0.25) is 0 Å². The van der Waals surface area contributed by atoms with Gasteiger partial charge in [0.05, 0.1) is 40.3 Å². The second-order valence-corrected chi connectivity index (χ2v) is 14.4. The zero-order valence-corrected chi connectivity index (χ0v) is 28.4. The number of para-hydroxylation sites is 1. The van der Waals surface area contributed by atoms with Gasteiger partial charge in [0, 0.05) is 43.7 Å². The van der Waals surface area contributed by atoms with Crippen molar-refractivity contribution in [3.63, 3.8) is 0 Å². The van der Waals surface area contributed by atoms with Crippen LogP contribution in [-0.2, 0) is 5.41 Å². The summed E-state index contributed by atoms with van der Waals surface area (Å²) < 4.78 is 11.1. The van der Waals surface area contributed by atoms with Crippen LogP contribution in [0, 0.1) is 17.9 Å². The highest BCUT2D eigenvalue weighted by molar-refractivity contribution is 6.19. The summed E-state index contributed by atoms with van der Waals surface area (Å²) in [5, 5.41) is 16.1. The highest BCUT2D eigenvalue weighted by Crippen LogP contribution is 2.53. The number of hydrogen-bond donors (Lipinski definition) is 0.